The Hall–Kier alpha value is -2.63. The number of fused-ring (bicyclic) bond motifs is 1. The number of aryl methyl sites for hydroxylation is 1. The van der Waals surface area contributed by atoms with Crippen molar-refractivity contribution >= 4 is 46.8 Å². The number of nitrogens with zero attached hydrogens (tertiary/aromatic N) is 5. The molecule has 3 N–H and O–H groups in total. The number of halogens is 1. The van der Waals surface area contributed by atoms with Crippen molar-refractivity contribution in [3.8, 4) is 5.75 Å². The number of anilines is 1. The van der Waals surface area contributed by atoms with Gasteiger partial charge in [-0.3, -0.25) is 9.67 Å². The zero-order valence-corrected chi connectivity index (χ0v) is 19.9. The molecule has 0 aliphatic heterocycles. The number of hydrogen-bond donors (Lipinski definition) is 3. The largest absolute Gasteiger partial charge is 0.496 e. The van der Waals surface area contributed by atoms with E-state index in [1.807, 2.05) is 25.2 Å². The topological polar surface area (TPSA) is 101 Å². The number of guanidine groups is 1. The van der Waals surface area contributed by atoms with E-state index in [1.165, 1.54) is 0 Å². The van der Waals surface area contributed by atoms with Gasteiger partial charge >= 0.3 is 0 Å². The Bertz CT molecular complexity index is 959. The summed E-state index contributed by atoms with van der Waals surface area (Å²) in [6, 6.07) is 8.03. The summed E-state index contributed by atoms with van der Waals surface area (Å²) in [4.78, 5) is 13.2. The molecular formula is C20H29IN8O. The summed E-state index contributed by atoms with van der Waals surface area (Å²) in [5.41, 5.74) is 1.96. The molecule has 2 heterocycles. The minimum atomic E-state index is 0. The maximum absolute atomic E-state index is 5.40. The van der Waals surface area contributed by atoms with Gasteiger partial charge in [0.25, 0.3) is 0 Å². The van der Waals surface area contributed by atoms with Gasteiger partial charge < -0.3 is 20.7 Å². The summed E-state index contributed by atoms with van der Waals surface area (Å²) in [6.07, 6.45) is 4.14. The lowest BCUT2D eigenvalue weighted by atomic mass is 10.1. The van der Waals surface area contributed by atoms with Gasteiger partial charge in [0, 0.05) is 33.2 Å². The molecule has 0 amide bonds. The molecule has 162 valence electrons. The Labute approximate surface area is 193 Å². The standard InChI is InChI=1S/C20H28N8O.HI/c1-4-21-20(23-10-9-15-7-5-6-8-17(15)29-3)24-12-11-22-18-16-13-27-28(2)19(16)26-14-25-18;/h5-8,13-14H,4,9-12H2,1-3H3,(H2,21,23,24)(H,22,25,26);1H. The smallest absolute Gasteiger partial charge is 0.191 e. The van der Waals surface area contributed by atoms with Crippen molar-refractivity contribution in [3.05, 3.63) is 42.4 Å². The van der Waals surface area contributed by atoms with Crippen molar-refractivity contribution in [1.29, 1.82) is 0 Å². The number of para-hydroxylation sites is 1. The van der Waals surface area contributed by atoms with Crippen LogP contribution in [0.25, 0.3) is 11.0 Å². The maximum atomic E-state index is 5.40. The molecule has 3 aromatic rings. The fourth-order valence-corrected chi connectivity index (χ4v) is 3.00. The molecule has 0 bridgehead atoms. The molecule has 9 nitrogen and oxygen atoms in total. The van der Waals surface area contributed by atoms with Crippen molar-refractivity contribution in [2.24, 2.45) is 12.0 Å². The van der Waals surface area contributed by atoms with Crippen LogP contribution < -0.4 is 20.7 Å². The third kappa shape index (κ3) is 6.18. The van der Waals surface area contributed by atoms with Gasteiger partial charge in [-0.1, -0.05) is 18.2 Å². The van der Waals surface area contributed by atoms with Crippen LogP contribution in [0.4, 0.5) is 5.82 Å². The lowest BCUT2D eigenvalue weighted by molar-refractivity contribution is 0.410. The van der Waals surface area contributed by atoms with Crippen LogP contribution in [0.1, 0.15) is 12.5 Å². The average Bonchev–Trinajstić information content (AvgIpc) is 3.13. The number of hydrogen-bond acceptors (Lipinski definition) is 6. The van der Waals surface area contributed by atoms with E-state index in [1.54, 1.807) is 24.3 Å². The van der Waals surface area contributed by atoms with Crippen molar-refractivity contribution in [2.45, 2.75) is 13.3 Å². The minimum Gasteiger partial charge on any atom is -0.496 e. The normalized spacial score (nSPS) is 11.1. The SMILES string of the molecule is CCNC(=NCCc1ccccc1OC)NCCNc1ncnc2c1cnn2C.I. The molecule has 0 atom stereocenters. The number of methoxy groups -OCH3 is 1. The summed E-state index contributed by atoms with van der Waals surface area (Å²) in [5.74, 6) is 2.47. The summed E-state index contributed by atoms with van der Waals surface area (Å²) in [5, 5.41) is 15.1. The summed E-state index contributed by atoms with van der Waals surface area (Å²) >= 11 is 0. The Balaban J connectivity index is 0.00000320. The molecule has 10 heteroatoms. The molecule has 0 unspecified atom stereocenters. The number of aromatic nitrogens is 4. The van der Waals surface area contributed by atoms with Crippen molar-refractivity contribution in [1.82, 2.24) is 30.4 Å². The molecule has 3 rings (SSSR count). The van der Waals surface area contributed by atoms with E-state index in [0.717, 1.165) is 47.1 Å². The molecule has 30 heavy (non-hydrogen) atoms. The van der Waals surface area contributed by atoms with E-state index in [2.05, 4.69) is 49.0 Å². The number of nitrogens with one attached hydrogen (secondary N) is 3. The van der Waals surface area contributed by atoms with E-state index < -0.39 is 0 Å². The van der Waals surface area contributed by atoms with Crippen LogP contribution in [-0.2, 0) is 13.5 Å². The molecule has 0 fully saturated rings. The third-order valence-corrected chi connectivity index (χ3v) is 4.43. The summed E-state index contributed by atoms with van der Waals surface area (Å²) in [7, 11) is 3.56. The molecule has 0 aliphatic carbocycles. The molecule has 0 radical (unpaired) electrons. The highest BCUT2D eigenvalue weighted by molar-refractivity contribution is 14.0. The number of ether oxygens (including phenoxy) is 1. The van der Waals surface area contributed by atoms with Crippen LogP contribution in [0.3, 0.4) is 0 Å². The first-order valence-corrected chi connectivity index (χ1v) is 9.73. The van der Waals surface area contributed by atoms with E-state index in [-0.39, 0.29) is 24.0 Å². The first-order chi connectivity index (χ1) is 14.2. The van der Waals surface area contributed by atoms with Crippen molar-refractivity contribution < 1.29 is 4.74 Å². The predicted molar refractivity (Wildman–Crippen MR) is 131 cm³/mol. The zero-order valence-electron chi connectivity index (χ0n) is 17.6. The number of rotatable bonds is 9. The molecule has 0 saturated heterocycles. The van der Waals surface area contributed by atoms with Crippen LogP contribution in [0.15, 0.2) is 41.8 Å². The van der Waals surface area contributed by atoms with Gasteiger partial charge in [0.15, 0.2) is 11.6 Å². The van der Waals surface area contributed by atoms with Gasteiger partial charge in [0.1, 0.15) is 17.9 Å². The lowest BCUT2D eigenvalue weighted by Gasteiger charge is -2.12. The van der Waals surface area contributed by atoms with Crippen molar-refractivity contribution in [3.63, 3.8) is 0 Å². The van der Waals surface area contributed by atoms with Crippen LogP contribution in [0, 0.1) is 0 Å². The quantitative estimate of drug-likeness (QED) is 0.171. The first kappa shape index (κ1) is 23.6. The van der Waals surface area contributed by atoms with Crippen LogP contribution in [-0.4, -0.2) is 59.0 Å². The van der Waals surface area contributed by atoms with E-state index in [0.29, 0.717) is 19.6 Å². The Morgan fingerprint density at radius 1 is 1.17 bits per heavy atom. The average molecular weight is 524 g/mol. The molecular weight excluding hydrogens is 495 g/mol. The van der Waals surface area contributed by atoms with E-state index in [9.17, 15) is 0 Å². The van der Waals surface area contributed by atoms with Crippen LogP contribution in [0.2, 0.25) is 0 Å². The fraction of sp³-hybridized carbons (Fsp3) is 0.400. The van der Waals surface area contributed by atoms with Gasteiger partial charge in [0.2, 0.25) is 0 Å². The Kier molecular flexibility index (Phi) is 9.58. The van der Waals surface area contributed by atoms with Gasteiger partial charge in [-0.15, -0.1) is 24.0 Å². The maximum Gasteiger partial charge on any atom is 0.191 e. The summed E-state index contributed by atoms with van der Waals surface area (Å²) in [6.45, 7) is 4.92. The Morgan fingerprint density at radius 3 is 2.80 bits per heavy atom. The third-order valence-electron chi connectivity index (χ3n) is 4.43. The second kappa shape index (κ2) is 12.2. The van der Waals surface area contributed by atoms with Crippen molar-refractivity contribution in [2.75, 3.05) is 38.6 Å². The molecule has 0 saturated carbocycles. The van der Waals surface area contributed by atoms with Gasteiger partial charge in [-0.05, 0) is 25.0 Å². The van der Waals surface area contributed by atoms with Gasteiger partial charge in [-0.25, -0.2) is 9.97 Å². The zero-order chi connectivity index (χ0) is 20.5. The second-order valence-electron chi connectivity index (χ2n) is 6.40. The second-order valence-corrected chi connectivity index (χ2v) is 6.40. The first-order valence-electron chi connectivity index (χ1n) is 9.73. The molecule has 1 aromatic carbocycles. The lowest BCUT2D eigenvalue weighted by Crippen LogP contribution is -2.39. The van der Waals surface area contributed by atoms with Gasteiger partial charge in [-0.2, -0.15) is 5.10 Å². The van der Waals surface area contributed by atoms with Crippen LogP contribution in [0.5, 0.6) is 5.75 Å². The highest BCUT2D eigenvalue weighted by atomic mass is 127. The van der Waals surface area contributed by atoms with E-state index >= 15 is 0 Å². The summed E-state index contributed by atoms with van der Waals surface area (Å²) < 4.78 is 7.13. The minimum absolute atomic E-state index is 0. The highest BCUT2D eigenvalue weighted by Gasteiger charge is 2.07. The monoisotopic (exact) mass is 524 g/mol. The van der Waals surface area contributed by atoms with E-state index in [4.69, 9.17) is 4.74 Å². The molecule has 2 aromatic heterocycles. The number of benzene rings is 1. The number of aliphatic imine (C=N–C) groups is 1. The molecule has 0 spiro atoms. The molecule has 0 aliphatic rings. The highest BCUT2D eigenvalue weighted by Crippen LogP contribution is 2.18. The fourth-order valence-electron chi connectivity index (χ4n) is 3.00. The van der Waals surface area contributed by atoms with Gasteiger partial charge in [0.05, 0.1) is 18.7 Å². The van der Waals surface area contributed by atoms with Crippen LogP contribution >= 0.6 is 24.0 Å². The Morgan fingerprint density at radius 2 is 2.00 bits per heavy atom. The predicted octanol–water partition coefficient (Wildman–Crippen LogP) is 2.20.